The molecule has 2 aliphatic heterocycles. The molecule has 2 fully saturated rings. The monoisotopic (exact) mass is 501 g/mol. The molecule has 9 nitrogen and oxygen atoms in total. The highest BCUT2D eigenvalue weighted by atomic mass is 35.5. The van der Waals surface area contributed by atoms with Crippen LogP contribution in [0.5, 0.6) is 0 Å². The number of nitrogens with one attached hydrogen (secondary N) is 3. The number of halogens is 1. The van der Waals surface area contributed by atoms with E-state index in [2.05, 4.69) is 21.1 Å². The third-order valence-electron chi connectivity index (χ3n) is 7.69. The van der Waals surface area contributed by atoms with Gasteiger partial charge in [-0.05, 0) is 31.2 Å². The second-order valence-electron chi connectivity index (χ2n) is 9.99. The number of guanidine groups is 1. The number of hydrogen-bond donors (Lipinski definition) is 4. The minimum Gasteiger partial charge on any atom is -0.396 e. The van der Waals surface area contributed by atoms with E-state index < -0.39 is 17.7 Å². The summed E-state index contributed by atoms with van der Waals surface area (Å²) < 4.78 is 6.28. The zero-order valence-electron chi connectivity index (χ0n) is 19.7. The van der Waals surface area contributed by atoms with E-state index >= 15 is 0 Å². The van der Waals surface area contributed by atoms with E-state index in [4.69, 9.17) is 16.3 Å². The molecule has 0 bridgehead atoms. The Hall–Kier alpha value is -2.46. The Morgan fingerprint density at radius 3 is 2.57 bits per heavy atom. The van der Waals surface area contributed by atoms with Gasteiger partial charge in [-0.2, -0.15) is 5.43 Å². The normalized spacial score (nSPS) is 24.9. The molecule has 10 heteroatoms. The van der Waals surface area contributed by atoms with Gasteiger partial charge in [0.2, 0.25) is 5.96 Å². The fraction of sp³-hybridized carbons (Fsp3) is 0.560. The zero-order chi connectivity index (χ0) is 24.5. The molecule has 0 saturated heterocycles. The molecule has 0 spiro atoms. The predicted octanol–water partition coefficient (Wildman–Crippen LogP) is 2.44. The zero-order valence-corrected chi connectivity index (χ0v) is 20.4. The minimum atomic E-state index is -0.979. The van der Waals surface area contributed by atoms with Crippen LogP contribution in [-0.4, -0.2) is 53.2 Å². The number of hydrazine groups is 1. The largest absolute Gasteiger partial charge is 0.396 e. The smallest absolute Gasteiger partial charge is 0.288 e. The molecule has 35 heavy (non-hydrogen) atoms. The van der Waals surface area contributed by atoms with Gasteiger partial charge in [0.25, 0.3) is 11.8 Å². The van der Waals surface area contributed by atoms with Gasteiger partial charge in [0, 0.05) is 12.0 Å². The van der Waals surface area contributed by atoms with Gasteiger partial charge >= 0.3 is 0 Å². The number of fused-ring (bicyclic) bond motifs is 1. The van der Waals surface area contributed by atoms with Crippen LogP contribution in [0, 0.1) is 5.41 Å². The van der Waals surface area contributed by atoms with Crippen LogP contribution >= 0.6 is 11.6 Å². The first kappa shape index (κ1) is 24.2. The quantitative estimate of drug-likeness (QED) is 0.435. The molecule has 1 aromatic rings. The van der Waals surface area contributed by atoms with Gasteiger partial charge < -0.3 is 20.5 Å². The third-order valence-corrected chi connectivity index (χ3v) is 8.08. The number of carbonyl (C=O) groups excluding carboxylic acids is 2. The van der Waals surface area contributed by atoms with Gasteiger partial charge in [0.1, 0.15) is 16.8 Å². The number of hydrogen-bond acceptors (Lipinski definition) is 7. The number of aliphatic imine (C=N–C) groups is 1. The Balaban J connectivity index is 1.28. The van der Waals surface area contributed by atoms with Crippen molar-refractivity contribution in [3.8, 4) is 0 Å². The molecule has 0 aromatic heterocycles. The number of benzene rings is 1. The second-order valence-corrected chi connectivity index (χ2v) is 10.4. The molecule has 1 atom stereocenters. The van der Waals surface area contributed by atoms with E-state index in [0.29, 0.717) is 31.0 Å². The fourth-order valence-corrected chi connectivity index (χ4v) is 5.39. The molecule has 0 radical (unpaired) electrons. The third kappa shape index (κ3) is 4.70. The molecule has 188 valence electrons. The summed E-state index contributed by atoms with van der Waals surface area (Å²) in [5, 5.41) is 17.2. The summed E-state index contributed by atoms with van der Waals surface area (Å²) in [6.07, 6.45) is 6.55. The summed E-state index contributed by atoms with van der Waals surface area (Å²) in [6, 6.07) is 9.61. The van der Waals surface area contributed by atoms with Crippen molar-refractivity contribution in [2.24, 2.45) is 10.4 Å². The van der Waals surface area contributed by atoms with Crippen molar-refractivity contribution >= 4 is 29.4 Å². The van der Waals surface area contributed by atoms with Crippen molar-refractivity contribution in [2.45, 2.75) is 63.1 Å². The van der Waals surface area contributed by atoms with Crippen LogP contribution < -0.4 is 16.1 Å². The number of rotatable bonds is 8. The van der Waals surface area contributed by atoms with Crippen molar-refractivity contribution in [3.05, 3.63) is 46.6 Å². The molecule has 2 aliphatic carbocycles. The summed E-state index contributed by atoms with van der Waals surface area (Å²) >= 11 is 6.42. The molecule has 2 amide bonds. The maximum absolute atomic E-state index is 13.3. The summed E-state index contributed by atoms with van der Waals surface area (Å²) in [7, 11) is 0. The van der Waals surface area contributed by atoms with Crippen LogP contribution in [0.25, 0.3) is 0 Å². The number of aliphatic hydroxyl groups is 1. The molecule has 1 aromatic carbocycles. The second kappa shape index (κ2) is 9.89. The molecule has 2 heterocycles. The molecule has 1 unspecified atom stereocenters. The first-order valence-corrected chi connectivity index (χ1v) is 12.8. The number of nitrogens with zero attached hydrogens (tertiary/aromatic N) is 2. The summed E-state index contributed by atoms with van der Waals surface area (Å²) in [5.41, 5.74) is 3.19. The standard InChI is InChI=1S/C25H32ClN5O4/c26-19-18(28-23-29-20(30-31(23)21(19)33)17-8-3-1-4-9-17)14-35-25(12-5-2-6-13-25)22(34)27-15-24(16-32)10-7-11-24/h1,3-4,8-9,20,30,32H,2,5-7,10-16H2,(H,27,34)(H,28,29). The molecule has 2 saturated carbocycles. The Labute approximate surface area is 209 Å². The van der Waals surface area contributed by atoms with Crippen molar-refractivity contribution in [3.63, 3.8) is 0 Å². The Kier molecular flexibility index (Phi) is 6.85. The first-order chi connectivity index (χ1) is 17.0. The van der Waals surface area contributed by atoms with E-state index in [9.17, 15) is 14.7 Å². The van der Waals surface area contributed by atoms with Crippen molar-refractivity contribution < 1.29 is 19.4 Å². The van der Waals surface area contributed by atoms with E-state index in [1.807, 2.05) is 30.3 Å². The lowest BCUT2D eigenvalue weighted by Crippen LogP contribution is -2.55. The van der Waals surface area contributed by atoms with Gasteiger partial charge in [-0.25, -0.2) is 10.0 Å². The molecular weight excluding hydrogens is 470 g/mol. The van der Waals surface area contributed by atoms with E-state index in [1.165, 1.54) is 5.01 Å². The van der Waals surface area contributed by atoms with Crippen LogP contribution in [0.3, 0.4) is 0 Å². The highest BCUT2D eigenvalue weighted by molar-refractivity contribution is 6.44. The van der Waals surface area contributed by atoms with Gasteiger partial charge in [-0.3, -0.25) is 9.59 Å². The molecule has 4 aliphatic rings. The van der Waals surface area contributed by atoms with Crippen molar-refractivity contribution in [2.75, 3.05) is 19.8 Å². The lowest BCUT2D eigenvalue weighted by Gasteiger charge is -2.42. The van der Waals surface area contributed by atoms with E-state index in [0.717, 1.165) is 44.1 Å². The fourth-order valence-electron chi connectivity index (χ4n) is 5.20. The topological polar surface area (TPSA) is 115 Å². The van der Waals surface area contributed by atoms with Gasteiger partial charge in [-0.15, -0.1) is 0 Å². The van der Waals surface area contributed by atoms with Crippen molar-refractivity contribution in [1.29, 1.82) is 0 Å². The molecule has 4 N–H and O–H groups in total. The Morgan fingerprint density at radius 1 is 1.17 bits per heavy atom. The summed E-state index contributed by atoms with van der Waals surface area (Å²) in [4.78, 5) is 30.9. The van der Waals surface area contributed by atoms with Crippen LogP contribution in [0.1, 0.15) is 63.1 Å². The SMILES string of the molecule is O=C1C(Cl)=C(COC2(C(=O)NCC3(CO)CCC3)CCCCC2)NC2=NC(c3ccccc3)NN12. The number of ether oxygens (including phenoxy) is 1. The van der Waals surface area contributed by atoms with E-state index in [-0.39, 0.29) is 29.6 Å². The average Bonchev–Trinajstić information content (AvgIpc) is 3.30. The molecule has 5 rings (SSSR count). The maximum Gasteiger partial charge on any atom is 0.288 e. The first-order valence-electron chi connectivity index (χ1n) is 12.4. The highest BCUT2D eigenvalue weighted by Gasteiger charge is 2.44. The number of aliphatic hydroxyl groups excluding tert-OH is 1. The van der Waals surface area contributed by atoms with Crippen LogP contribution in [-0.2, 0) is 14.3 Å². The summed E-state index contributed by atoms with van der Waals surface area (Å²) in [6.45, 7) is 0.518. The highest BCUT2D eigenvalue weighted by Crippen LogP contribution is 2.40. The lowest BCUT2D eigenvalue weighted by molar-refractivity contribution is -0.152. The van der Waals surface area contributed by atoms with Crippen LogP contribution in [0.15, 0.2) is 46.1 Å². The van der Waals surface area contributed by atoms with Gasteiger partial charge in [0.15, 0.2) is 0 Å². The maximum atomic E-state index is 13.3. The number of amides is 2. The van der Waals surface area contributed by atoms with Crippen LogP contribution in [0.4, 0.5) is 0 Å². The minimum absolute atomic E-state index is 0.00484. The Bertz CT molecular complexity index is 1030. The average molecular weight is 502 g/mol. The van der Waals surface area contributed by atoms with Crippen molar-refractivity contribution in [1.82, 2.24) is 21.1 Å². The van der Waals surface area contributed by atoms with E-state index in [1.54, 1.807) is 0 Å². The van der Waals surface area contributed by atoms with Gasteiger partial charge in [0.05, 0.1) is 18.9 Å². The predicted molar refractivity (Wildman–Crippen MR) is 131 cm³/mol. The summed E-state index contributed by atoms with van der Waals surface area (Å²) in [5.74, 6) is -0.219. The Morgan fingerprint density at radius 2 is 1.91 bits per heavy atom. The lowest BCUT2D eigenvalue weighted by atomic mass is 9.69. The molecular formula is C25H32ClN5O4. The number of carbonyl (C=O) groups is 2. The van der Waals surface area contributed by atoms with Crippen LogP contribution in [0.2, 0.25) is 0 Å². The van der Waals surface area contributed by atoms with Gasteiger partial charge in [-0.1, -0.05) is 67.6 Å².